The van der Waals surface area contributed by atoms with Crippen molar-refractivity contribution in [1.82, 2.24) is 4.90 Å². The van der Waals surface area contributed by atoms with Crippen LogP contribution in [0.1, 0.15) is 91.0 Å². The van der Waals surface area contributed by atoms with Crippen LogP contribution in [0.3, 0.4) is 0 Å². The number of amides is 3. The van der Waals surface area contributed by atoms with Gasteiger partial charge in [0.1, 0.15) is 6.04 Å². The van der Waals surface area contributed by atoms with E-state index in [0.29, 0.717) is 18.0 Å². The maximum atomic E-state index is 13.4. The van der Waals surface area contributed by atoms with Crippen LogP contribution in [-0.4, -0.2) is 34.7 Å². The van der Waals surface area contributed by atoms with Crippen LogP contribution in [0.25, 0.3) is 0 Å². The predicted octanol–water partition coefficient (Wildman–Crippen LogP) is 5.04. The molecule has 2 fully saturated rings. The van der Waals surface area contributed by atoms with E-state index in [1.807, 2.05) is 45.0 Å². The van der Waals surface area contributed by atoms with Gasteiger partial charge in [0, 0.05) is 12.5 Å². The Hall–Kier alpha value is -2.17. The lowest BCUT2D eigenvalue weighted by Gasteiger charge is -2.38. The second kappa shape index (κ2) is 8.91. The van der Waals surface area contributed by atoms with Gasteiger partial charge in [-0.3, -0.25) is 14.4 Å². The fourth-order valence-corrected chi connectivity index (χ4v) is 4.65. The molecule has 1 heterocycles. The van der Waals surface area contributed by atoms with Crippen LogP contribution in [0.4, 0.5) is 5.69 Å². The molecule has 1 aliphatic carbocycles. The second-order valence-electron chi connectivity index (χ2n) is 10.4. The van der Waals surface area contributed by atoms with Crippen molar-refractivity contribution in [3.8, 4) is 0 Å². The van der Waals surface area contributed by atoms with Gasteiger partial charge in [-0.25, -0.2) is 4.90 Å². The summed E-state index contributed by atoms with van der Waals surface area (Å²) in [5, 5.41) is 0. The monoisotopic (exact) mass is 412 g/mol. The minimum Gasteiger partial charge on any atom is -0.327 e. The van der Waals surface area contributed by atoms with Crippen LogP contribution in [-0.2, 0) is 14.4 Å². The van der Waals surface area contributed by atoms with Crippen molar-refractivity contribution in [2.75, 3.05) is 4.90 Å². The summed E-state index contributed by atoms with van der Waals surface area (Å²) in [5.41, 5.74) is 1.60. The number of rotatable bonds is 5. The first-order valence-corrected chi connectivity index (χ1v) is 11.4. The average molecular weight is 413 g/mol. The van der Waals surface area contributed by atoms with Gasteiger partial charge < -0.3 is 4.90 Å². The summed E-state index contributed by atoms with van der Waals surface area (Å²) in [6.07, 6.45) is 5.59. The summed E-state index contributed by atoms with van der Waals surface area (Å²) in [7, 11) is 0. The summed E-state index contributed by atoms with van der Waals surface area (Å²) < 4.78 is 0. The molecule has 1 unspecified atom stereocenters. The first kappa shape index (κ1) is 22.5. The van der Waals surface area contributed by atoms with Crippen molar-refractivity contribution in [2.24, 2.45) is 5.41 Å². The number of nitrogens with zero attached hydrogens (tertiary/aromatic N) is 2. The molecule has 5 heteroatoms. The molecule has 30 heavy (non-hydrogen) atoms. The van der Waals surface area contributed by atoms with Crippen molar-refractivity contribution < 1.29 is 14.4 Å². The maximum Gasteiger partial charge on any atom is 0.257 e. The Labute approximate surface area is 180 Å². The fourth-order valence-electron chi connectivity index (χ4n) is 4.65. The average Bonchev–Trinajstić information content (AvgIpc) is 2.95. The van der Waals surface area contributed by atoms with Crippen LogP contribution in [0.2, 0.25) is 0 Å². The summed E-state index contributed by atoms with van der Waals surface area (Å²) in [4.78, 5) is 42.7. The van der Waals surface area contributed by atoms with E-state index in [1.165, 1.54) is 16.9 Å². The first-order valence-electron chi connectivity index (χ1n) is 11.4. The van der Waals surface area contributed by atoms with Crippen LogP contribution < -0.4 is 4.90 Å². The Morgan fingerprint density at radius 1 is 1.07 bits per heavy atom. The third kappa shape index (κ3) is 4.93. The Balaban J connectivity index is 1.87. The highest BCUT2D eigenvalue weighted by Crippen LogP contribution is 2.33. The molecule has 1 saturated carbocycles. The highest BCUT2D eigenvalue weighted by atomic mass is 16.2. The van der Waals surface area contributed by atoms with E-state index in [1.54, 1.807) is 4.90 Å². The van der Waals surface area contributed by atoms with Gasteiger partial charge in [0.25, 0.3) is 5.91 Å². The molecule has 3 rings (SSSR count). The van der Waals surface area contributed by atoms with Gasteiger partial charge in [0.05, 0.1) is 12.1 Å². The van der Waals surface area contributed by atoms with Crippen LogP contribution in [0.15, 0.2) is 24.3 Å². The topological polar surface area (TPSA) is 57.7 Å². The van der Waals surface area contributed by atoms with E-state index in [2.05, 4.69) is 13.8 Å². The molecule has 0 radical (unpaired) electrons. The number of benzene rings is 1. The van der Waals surface area contributed by atoms with E-state index < -0.39 is 6.04 Å². The predicted molar refractivity (Wildman–Crippen MR) is 119 cm³/mol. The zero-order valence-electron chi connectivity index (χ0n) is 19.1. The van der Waals surface area contributed by atoms with Crippen molar-refractivity contribution in [3.05, 3.63) is 29.8 Å². The van der Waals surface area contributed by atoms with E-state index >= 15 is 0 Å². The van der Waals surface area contributed by atoms with Crippen LogP contribution in [0, 0.1) is 5.41 Å². The molecule has 0 aromatic heterocycles. The minimum absolute atomic E-state index is 0.00226. The molecule has 1 aromatic carbocycles. The molecule has 0 spiro atoms. The van der Waals surface area contributed by atoms with Crippen molar-refractivity contribution >= 4 is 23.4 Å². The van der Waals surface area contributed by atoms with E-state index in [-0.39, 0.29) is 35.6 Å². The second-order valence-corrected chi connectivity index (χ2v) is 10.4. The van der Waals surface area contributed by atoms with Crippen LogP contribution in [0.5, 0.6) is 0 Å². The molecule has 5 nitrogen and oxygen atoms in total. The molecule has 164 valence electrons. The summed E-state index contributed by atoms with van der Waals surface area (Å²) >= 11 is 0. The van der Waals surface area contributed by atoms with E-state index in [0.717, 1.165) is 25.7 Å². The van der Waals surface area contributed by atoms with Crippen molar-refractivity contribution in [2.45, 2.75) is 97.6 Å². The van der Waals surface area contributed by atoms with Gasteiger partial charge in [-0.2, -0.15) is 0 Å². The van der Waals surface area contributed by atoms with Gasteiger partial charge in [0.2, 0.25) is 11.8 Å². The van der Waals surface area contributed by atoms with Gasteiger partial charge in [-0.15, -0.1) is 0 Å². The molecule has 1 aliphatic heterocycles. The summed E-state index contributed by atoms with van der Waals surface area (Å²) in [6.45, 7) is 10.3. The highest BCUT2D eigenvalue weighted by Gasteiger charge is 2.46. The number of imide groups is 1. The zero-order chi connectivity index (χ0) is 22.1. The Morgan fingerprint density at radius 3 is 2.20 bits per heavy atom. The third-order valence-electron chi connectivity index (χ3n) is 6.21. The zero-order valence-corrected chi connectivity index (χ0v) is 19.1. The van der Waals surface area contributed by atoms with Crippen molar-refractivity contribution in [3.63, 3.8) is 0 Å². The Bertz CT molecular complexity index is 786. The first-order chi connectivity index (χ1) is 14.1. The minimum atomic E-state index is -0.680. The SMILES string of the molecule is CC(C)c1ccc(N2C(=O)CC(N(C(=O)CC(C)(C)C)C3CCCCC3)C2=O)cc1. The number of carbonyl (C=O) groups excluding carboxylic acids is 3. The number of carbonyl (C=O) groups is 3. The smallest absolute Gasteiger partial charge is 0.257 e. The normalized spacial score (nSPS) is 20.9. The van der Waals surface area contributed by atoms with Gasteiger partial charge in [0.15, 0.2) is 0 Å². The lowest BCUT2D eigenvalue weighted by Crippen LogP contribution is -2.52. The van der Waals surface area contributed by atoms with E-state index in [9.17, 15) is 14.4 Å². The number of hydrogen-bond donors (Lipinski definition) is 0. The van der Waals surface area contributed by atoms with Gasteiger partial charge in [-0.1, -0.05) is 66.0 Å². The fraction of sp³-hybridized carbons (Fsp3) is 0.640. The number of anilines is 1. The lowest BCUT2D eigenvalue weighted by atomic mass is 9.88. The quantitative estimate of drug-likeness (QED) is 0.637. The summed E-state index contributed by atoms with van der Waals surface area (Å²) in [6, 6.07) is 7.00. The maximum absolute atomic E-state index is 13.4. The highest BCUT2D eigenvalue weighted by molar-refractivity contribution is 6.23. The molecule has 2 aliphatic rings. The number of hydrogen-bond acceptors (Lipinski definition) is 3. The third-order valence-corrected chi connectivity index (χ3v) is 6.21. The molecule has 1 aromatic rings. The molecule has 1 saturated heterocycles. The Morgan fingerprint density at radius 2 is 1.67 bits per heavy atom. The summed E-state index contributed by atoms with van der Waals surface area (Å²) in [5.74, 6) is -0.0945. The van der Waals surface area contributed by atoms with Gasteiger partial charge in [-0.05, 0) is 41.9 Å². The lowest BCUT2D eigenvalue weighted by molar-refractivity contribution is -0.143. The largest absolute Gasteiger partial charge is 0.327 e. The molecule has 0 N–H and O–H groups in total. The van der Waals surface area contributed by atoms with Gasteiger partial charge >= 0.3 is 0 Å². The van der Waals surface area contributed by atoms with E-state index in [4.69, 9.17) is 0 Å². The Kier molecular flexibility index (Phi) is 6.68. The van der Waals surface area contributed by atoms with Crippen LogP contribution >= 0.6 is 0 Å². The molecular weight excluding hydrogens is 376 g/mol. The standard InChI is InChI=1S/C25H36N2O3/c1-17(2)18-11-13-20(14-12-18)27-22(28)15-21(24(27)30)26(19-9-7-6-8-10-19)23(29)16-25(3,4)5/h11-14,17,19,21H,6-10,15-16H2,1-5H3. The van der Waals surface area contributed by atoms with Crippen molar-refractivity contribution in [1.29, 1.82) is 0 Å². The molecule has 3 amide bonds. The molecule has 1 atom stereocenters. The molecular formula is C25H36N2O3. The molecule has 0 bridgehead atoms.